The van der Waals surface area contributed by atoms with E-state index in [1.165, 1.54) is 14.0 Å². The van der Waals surface area contributed by atoms with E-state index in [-0.39, 0.29) is 17.4 Å². The van der Waals surface area contributed by atoms with E-state index in [4.69, 9.17) is 21.1 Å². The zero-order valence-electron chi connectivity index (χ0n) is 18.2. The Hall–Kier alpha value is -2.56. The number of β-amino-alcohol motifs (C(OH)–C–C–N with tert-alkyl or cyclic N) is 1. The van der Waals surface area contributed by atoms with Crippen LogP contribution in [0.2, 0.25) is 5.02 Å². The lowest BCUT2D eigenvalue weighted by Gasteiger charge is -2.36. The molecule has 2 aromatic rings. The van der Waals surface area contributed by atoms with Crippen molar-refractivity contribution in [2.45, 2.75) is 19.2 Å². The molecule has 0 radical (unpaired) electrons. The minimum absolute atomic E-state index is 0.0300. The van der Waals surface area contributed by atoms with Gasteiger partial charge in [0.25, 0.3) is 0 Å². The van der Waals surface area contributed by atoms with E-state index < -0.39 is 17.8 Å². The molecule has 0 saturated carbocycles. The Kier molecular flexibility index (Phi) is 8.04. The number of Topliss-reactive ketones (excluding diaryl/α,β-unsaturated/α-hetero) is 1. The number of rotatable bonds is 8. The van der Waals surface area contributed by atoms with Crippen LogP contribution in [-0.2, 0) is 6.18 Å². The molecule has 0 bridgehead atoms. The smallest absolute Gasteiger partial charge is 0.417 e. The lowest BCUT2D eigenvalue weighted by Crippen LogP contribution is -2.49. The highest BCUT2D eigenvalue weighted by Crippen LogP contribution is 2.34. The number of hydrogen-bond donors (Lipinski definition) is 1. The van der Waals surface area contributed by atoms with Crippen molar-refractivity contribution in [1.82, 2.24) is 9.88 Å². The summed E-state index contributed by atoms with van der Waals surface area (Å²) in [5.41, 5.74) is -0.383. The van der Waals surface area contributed by atoms with E-state index in [0.717, 1.165) is 12.3 Å². The average Bonchev–Trinajstić information content (AvgIpc) is 2.77. The lowest BCUT2D eigenvalue weighted by atomic mass is 10.1. The van der Waals surface area contributed by atoms with Gasteiger partial charge in [-0.25, -0.2) is 4.98 Å². The minimum Gasteiger partial charge on any atom is -0.493 e. The summed E-state index contributed by atoms with van der Waals surface area (Å²) in [5, 5.41) is 10.3. The maximum Gasteiger partial charge on any atom is 0.417 e. The number of ketones is 1. The molecule has 1 aromatic heterocycles. The number of halogens is 4. The molecule has 3 rings (SSSR count). The van der Waals surface area contributed by atoms with E-state index in [0.29, 0.717) is 55.6 Å². The summed E-state index contributed by atoms with van der Waals surface area (Å²) in [4.78, 5) is 19.3. The van der Waals surface area contributed by atoms with Crippen molar-refractivity contribution in [3.05, 3.63) is 46.6 Å². The molecule has 0 amide bonds. The number of benzene rings is 1. The van der Waals surface area contributed by atoms with Crippen molar-refractivity contribution < 1.29 is 32.5 Å². The van der Waals surface area contributed by atoms with Crippen molar-refractivity contribution in [1.29, 1.82) is 0 Å². The van der Waals surface area contributed by atoms with Gasteiger partial charge in [-0.3, -0.25) is 9.69 Å². The second-order valence-corrected chi connectivity index (χ2v) is 8.11. The number of aliphatic hydroxyl groups excluding tert-OH is 1. The van der Waals surface area contributed by atoms with Gasteiger partial charge in [-0.15, -0.1) is 0 Å². The number of ether oxygens (including phenoxy) is 2. The predicted molar refractivity (Wildman–Crippen MR) is 117 cm³/mol. The molecule has 7 nitrogen and oxygen atoms in total. The van der Waals surface area contributed by atoms with Gasteiger partial charge in [-0.05, 0) is 31.2 Å². The number of aromatic nitrogens is 1. The molecule has 1 atom stereocenters. The molecule has 11 heteroatoms. The van der Waals surface area contributed by atoms with E-state index in [1.54, 1.807) is 18.2 Å². The molecule has 180 valence electrons. The summed E-state index contributed by atoms with van der Waals surface area (Å²) in [5.74, 6) is 1.06. The van der Waals surface area contributed by atoms with Crippen LogP contribution in [0.4, 0.5) is 19.0 Å². The summed E-state index contributed by atoms with van der Waals surface area (Å²) in [7, 11) is 1.47. The highest BCUT2D eigenvalue weighted by molar-refractivity contribution is 6.33. The number of methoxy groups -OCH3 is 1. The van der Waals surface area contributed by atoms with Gasteiger partial charge in [0.05, 0.1) is 17.7 Å². The molecule has 1 fully saturated rings. The second-order valence-electron chi connectivity index (χ2n) is 7.70. The molecule has 2 heterocycles. The van der Waals surface area contributed by atoms with Crippen LogP contribution in [0, 0.1) is 0 Å². The van der Waals surface area contributed by atoms with Crippen LogP contribution in [0.5, 0.6) is 11.5 Å². The van der Waals surface area contributed by atoms with Gasteiger partial charge >= 0.3 is 6.18 Å². The lowest BCUT2D eigenvalue weighted by molar-refractivity contribution is -0.137. The zero-order valence-corrected chi connectivity index (χ0v) is 19.0. The average molecular weight is 488 g/mol. The van der Waals surface area contributed by atoms with Gasteiger partial charge < -0.3 is 19.5 Å². The molecule has 1 unspecified atom stereocenters. The first kappa shape index (κ1) is 25.1. The third-order valence-corrected chi connectivity index (χ3v) is 5.57. The summed E-state index contributed by atoms with van der Waals surface area (Å²) >= 11 is 6.04. The van der Waals surface area contributed by atoms with Gasteiger partial charge in [0.15, 0.2) is 17.3 Å². The highest BCUT2D eigenvalue weighted by Gasteiger charge is 2.32. The van der Waals surface area contributed by atoms with E-state index >= 15 is 0 Å². The van der Waals surface area contributed by atoms with Crippen LogP contribution in [-0.4, -0.2) is 73.3 Å². The monoisotopic (exact) mass is 487 g/mol. The molecular weight excluding hydrogens is 463 g/mol. The molecular formula is C22H25ClF3N3O4. The quantitative estimate of drug-likeness (QED) is 0.571. The first-order valence-corrected chi connectivity index (χ1v) is 10.7. The molecule has 1 N–H and O–H groups in total. The summed E-state index contributed by atoms with van der Waals surface area (Å²) < 4.78 is 49.3. The molecule has 1 aliphatic rings. The molecule has 1 aliphatic heterocycles. The Morgan fingerprint density at radius 3 is 2.48 bits per heavy atom. The Labute approximate surface area is 194 Å². The Morgan fingerprint density at radius 2 is 1.91 bits per heavy atom. The van der Waals surface area contributed by atoms with Crippen LogP contribution < -0.4 is 14.4 Å². The molecule has 1 saturated heterocycles. The third kappa shape index (κ3) is 6.49. The number of carbonyl (C=O) groups excluding carboxylic acids is 1. The fourth-order valence-electron chi connectivity index (χ4n) is 3.50. The fourth-order valence-corrected chi connectivity index (χ4v) is 3.79. The van der Waals surface area contributed by atoms with Crippen LogP contribution in [0.1, 0.15) is 22.8 Å². The first-order chi connectivity index (χ1) is 15.6. The van der Waals surface area contributed by atoms with Gasteiger partial charge in [-0.2, -0.15) is 13.2 Å². The number of anilines is 1. The van der Waals surface area contributed by atoms with Gasteiger partial charge in [0.1, 0.15) is 18.5 Å². The van der Waals surface area contributed by atoms with Gasteiger partial charge in [0.2, 0.25) is 0 Å². The van der Waals surface area contributed by atoms with Crippen molar-refractivity contribution in [2.75, 3.05) is 51.3 Å². The van der Waals surface area contributed by atoms with Crippen LogP contribution in [0.3, 0.4) is 0 Å². The standard InChI is InChI=1S/C22H25ClF3N3O4/c1-14(30)15-3-4-19(20(9-15)32-2)33-13-17(31)12-28-5-7-29(8-6-28)21-18(23)10-16(11-27-21)22(24,25)26/h3-4,9-11,17,31H,5-8,12-13H2,1-2H3. The maximum absolute atomic E-state index is 12.8. The number of hydrogen-bond acceptors (Lipinski definition) is 7. The van der Waals surface area contributed by atoms with Crippen LogP contribution in [0.25, 0.3) is 0 Å². The van der Waals surface area contributed by atoms with Crippen molar-refractivity contribution in [3.8, 4) is 11.5 Å². The number of carbonyl (C=O) groups is 1. The number of nitrogens with zero attached hydrogens (tertiary/aromatic N) is 3. The maximum atomic E-state index is 12.8. The first-order valence-electron chi connectivity index (χ1n) is 10.3. The van der Waals surface area contributed by atoms with Crippen LogP contribution in [0.15, 0.2) is 30.5 Å². The second kappa shape index (κ2) is 10.6. The van der Waals surface area contributed by atoms with Crippen molar-refractivity contribution >= 4 is 23.2 Å². The highest BCUT2D eigenvalue weighted by atomic mass is 35.5. The molecule has 0 spiro atoms. The van der Waals surface area contributed by atoms with Gasteiger partial charge in [0, 0.05) is 44.5 Å². The third-order valence-electron chi connectivity index (χ3n) is 5.29. The number of aliphatic hydroxyl groups is 1. The zero-order chi connectivity index (χ0) is 24.2. The molecule has 33 heavy (non-hydrogen) atoms. The Balaban J connectivity index is 1.50. The summed E-state index contributed by atoms with van der Waals surface area (Å²) in [6.45, 7) is 4.01. The Bertz CT molecular complexity index is 982. The van der Waals surface area contributed by atoms with E-state index in [9.17, 15) is 23.1 Å². The number of piperazine rings is 1. The fraction of sp³-hybridized carbons (Fsp3) is 0.455. The predicted octanol–water partition coefficient (Wildman–Crippen LogP) is 3.53. The van der Waals surface area contributed by atoms with E-state index in [1.807, 2.05) is 9.80 Å². The molecule has 1 aromatic carbocycles. The largest absolute Gasteiger partial charge is 0.493 e. The molecule has 0 aliphatic carbocycles. The number of pyridine rings is 1. The number of alkyl halides is 3. The topological polar surface area (TPSA) is 75.1 Å². The summed E-state index contributed by atoms with van der Waals surface area (Å²) in [6, 6.07) is 5.73. The normalized spacial score (nSPS) is 15.9. The SMILES string of the molecule is COc1cc(C(C)=O)ccc1OCC(O)CN1CCN(c2ncc(C(F)(F)F)cc2Cl)CC1. The van der Waals surface area contributed by atoms with Crippen molar-refractivity contribution in [2.24, 2.45) is 0 Å². The minimum atomic E-state index is -4.49. The van der Waals surface area contributed by atoms with Crippen molar-refractivity contribution in [3.63, 3.8) is 0 Å². The Morgan fingerprint density at radius 1 is 1.21 bits per heavy atom. The van der Waals surface area contributed by atoms with Crippen LogP contribution >= 0.6 is 11.6 Å². The van der Waals surface area contributed by atoms with Gasteiger partial charge in [-0.1, -0.05) is 11.6 Å². The van der Waals surface area contributed by atoms with E-state index in [2.05, 4.69) is 4.98 Å². The summed E-state index contributed by atoms with van der Waals surface area (Å²) in [6.07, 6.45) is -4.49.